The first-order chi connectivity index (χ1) is 10.5. The van der Waals surface area contributed by atoms with E-state index >= 15 is 0 Å². The average Bonchev–Trinajstić information content (AvgIpc) is 2.48. The van der Waals surface area contributed by atoms with Crippen LogP contribution in [0.3, 0.4) is 0 Å². The normalized spacial score (nSPS) is 10.1. The van der Waals surface area contributed by atoms with Crippen LogP contribution in [0.4, 0.5) is 10.5 Å². The summed E-state index contributed by atoms with van der Waals surface area (Å²) in [7, 11) is 0. The van der Waals surface area contributed by atoms with E-state index < -0.39 is 0 Å². The summed E-state index contributed by atoms with van der Waals surface area (Å²) < 4.78 is 5.67. The van der Waals surface area contributed by atoms with Gasteiger partial charge in [-0.3, -0.25) is 0 Å². The summed E-state index contributed by atoms with van der Waals surface area (Å²) in [5.41, 5.74) is 4.25. The summed E-state index contributed by atoms with van der Waals surface area (Å²) >= 11 is 0. The third-order valence-electron chi connectivity index (χ3n) is 3.29. The fraction of sp³-hybridized carbons (Fsp3) is 0.278. The first-order valence-electron chi connectivity index (χ1n) is 7.36. The van der Waals surface area contributed by atoms with Crippen molar-refractivity contribution in [2.75, 3.05) is 18.5 Å². The van der Waals surface area contributed by atoms with Crippen LogP contribution in [0.25, 0.3) is 0 Å². The number of urea groups is 1. The van der Waals surface area contributed by atoms with Crippen molar-refractivity contribution >= 4 is 11.7 Å². The number of anilines is 1. The van der Waals surface area contributed by atoms with E-state index in [2.05, 4.69) is 16.7 Å². The van der Waals surface area contributed by atoms with Crippen molar-refractivity contribution in [3.63, 3.8) is 0 Å². The number of hydrogen-bond acceptors (Lipinski definition) is 2. The standard InChI is InChI=1S/C18H22N2O2/c1-13-4-7-16(8-5-13)20-18(21)19-10-11-22-17-9-6-14(2)12-15(17)3/h4-9,12H,10-11H2,1-3H3,(H2,19,20,21). The Labute approximate surface area is 131 Å². The maximum absolute atomic E-state index is 11.7. The van der Waals surface area contributed by atoms with Crippen LogP contribution >= 0.6 is 0 Å². The number of carbonyl (C=O) groups excluding carboxylic acids is 1. The van der Waals surface area contributed by atoms with E-state index in [1.54, 1.807) is 0 Å². The Morgan fingerprint density at radius 2 is 1.68 bits per heavy atom. The molecule has 4 nitrogen and oxygen atoms in total. The van der Waals surface area contributed by atoms with Crippen molar-refractivity contribution < 1.29 is 9.53 Å². The number of nitrogens with one attached hydrogen (secondary N) is 2. The Balaban J connectivity index is 1.72. The maximum Gasteiger partial charge on any atom is 0.319 e. The SMILES string of the molecule is Cc1ccc(NC(=O)NCCOc2ccc(C)cc2C)cc1. The molecule has 2 rings (SSSR count). The molecular weight excluding hydrogens is 276 g/mol. The molecule has 0 fully saturated rings. The van der Waals surface area contributed by atoms with Gasteiger partial charge in [-0.15, -0.1) is 0 Å². The first kappa shape index (κ1) is 15.9. The second kappa shape index (κ2) is 7.50. The molecule has 0 saturated carbocycles. The summed E-state index contributed by atoms with van der Waals surface area (Å²) in [6.45, 7) is 6.96. The number of rotatable bonds is 5. The van der Waals surface area contributed by atoms with Crippen molar-refractivity contribution in [3.8, 4) is 5.75 Å². The molecule has 0 aliphatic heterocycles. The number of carbonyl (C=O) groups is 1. The van der Waals surface area contributed by atoms with Gasteiger partial charge in [-0.05, 0) is 44.5 Å². The van der Waals surface area contributed by atoms with Gasteiger partial charge in [0.05, 0.1) is 6.54 Å². The smallest absolute Gasteiger partial charge is 0.319 e. The zero-order valence-electron chi connectivity index (χ0n) is 13.3. The summed E-state index contributed by atoms with van der Waals surface area (Å²) in [6.07, 6.45) is 0. The van der Waals surface area contributed by atoms with Gasteiger partial charge in [0.15, 0.2) is 0 Å². The molecule has 2 amide bonds. The van der Waals surface area contributed by atoms with Crippen LogP contribution in [0.2, 0.25) is 0 Å². The molecule has 0 aliphatic rings. The van der Waals surface area contributed by atoms with Crippen LogP contribution in [0, 0.1) is 20.8 Å². The highest BCUT2D eigenvalue weighted by Gasteiger charge is 2.02. The van der Waals surface area contributed by atoms with Gasteiger partial charge in [0.25, 0.3) is 0 Å². The zero-order chi connectivity index (χ0) is 15.9. The molecule has 2 aromatic carbocycles. The lowest BCUT2D eigenvalue weighted by Crippen LogP contribution is -2.32. The van der Waals surface area contributed by atoms with Crippen molar-refractivity contribution in [3.05, 3.63) is 59.2 Å². The summed E-state index contributed by atoms with van der Waals surface area (Å²) in [5.74, 6) is 0.853. The molecule has 116 valence electrons. The predicted molar refractivity (Wildman–Crippen MR) is 89.6 cm³/mol. The largest absolute Gasteiger partial charge is 0.491 e. The van der Waals surface area contributed by atoms with E-state index in [9.17, 15) is 4.79 Å². The van der Waals surface area contributed by atoms with Gasteiger partial charge in [-0.2, -0.15) is 0 Å². The number of benzene rings is 2. The molecule has 0 heterocycles. The molecule has 0 spiro atoms. The molecule has 0 unspecified atom stereocenters. The number of ether oxygens (including phenoxy) is 1. The molecule has 4 heteroatoms. The van der Waals surface area contributed by atoms with Crippen LogP contribution < -0.4 is 15.4 Å². The molecule has 0 aromatic heterocycles. The van der Waals surface area contributed by atoms with Gasteiger partial charge in [-0.1, -0.05) is 35.4 Å². The van der Waals surface area contributed by atoms with Gasteiger partial charge in [0.1, 0.15) is 12.4 Å². The average molecular weight is 298 g/mol. The Bertz CT molecular complexity index is 636. The van der Waals surface area contributed by atoms with E-state index in [4.69, 9.17) is 4.74 Å². The minimum atomic E-state index is -0.229. The van der Waals surface area contributed by atoms with E-state index in [1.807, 2.05) is 57.2 Å². The third-order valence-corrected chi connectivity index (χ3v) is 3.29. The summed E-state index contributed by atoms with van der Waals surface area (Å²) in [5, 5.41) is 5.55. The molecular formula is C18H22N2O2. The molecule has 0 aliphatic carbocycles. The minimum Gasteiger partial charge on any atom is -0.491 e. The van der Waals surface area contributed by atoms with Crippen molar-refractivity contribution in [1.29, 1.82) is 0 Å². The summed E-state index contributed by atoms with van der Waals surface area (Å²) in [6, 6.07) is 13.5. The lowest BCUT2D eigenvalue weighted by Gasteiger charge is -2.11. The zero-order valence-corrected chi connectivity index (χ0v) is 13.3. The molecule has 22 heavy (non-hydrogen) atoms. The monoisotopic (exact) mass is 298 g/mol. The Hall–Kier alpha value is -2.49. The highest BCUT2D eigenvalue weighted by molar-refractivity contribution is 5.89. The highest BCUT2D eigenvalue weighted by atomic mass is 16.5. The van der Waals surface area contributed by atoms with Crippen LogP contribution in [-0.4, -0.2) is 19.2 Å². The van der Waals surface area contributed by atoms with Gasteiger partial charge < -0.3 is 15.4 Å². The van der Waals surface area contributed by atoms with E-state index in [1.165, 1.54) is 5.56 Å². The second-order valence-electron chi connectivity index (χ2n) is 5.36. The van der Waals surface area contributed by atoms with Crippen LogP contribution in [-0.2, 0) is 0 Å². The van der Waals surface area contributed by atoms with E-state index in [0.29, 0.717) is 13.2 Å². The Morgan fingerprint density at radius 3 is 2.36 bits per heavy atom. The molecule has 0 bridgehead atoms. The van der Waals surface area contributed by atoms with Crippen molar-refractivity contribution in [2.24, 2.45) is 0 Å². The minimum absolute atomic E-state index is 0.229. The van der Waals surface area contributed by atoms with Crippen molar-refractivity contribution in [2.45, 2.75) is 20.8 Å². The van der Waals surface area contributed by atoms with Crippen LogP contribution in [0.1, 0.15) is 16.7 Å². The second-order valence-corrected chi connectivity index (χ2v) is 5.36. The maximum atomic E-state index is 11.7. The quantitative estimate of drug-likeness (QED) is 0.825. The number of amides is 2. The van der Waals surface area contributed by atoms with Gasteiger partial charge in [0, 0.05) is 5.69 Å². The Morgan fingerprint density at radius 1 is 1.00 bits per heavy atom. The molecule has 0 saturated heterocycles. The predicted octanol–water partition coefficient (Wildman–Crippen LogP) is 3.81. The summed E-state index contributed by atoms with van der Waals surface area (Å²) in [4.78, 5) is 11.7. The third kappa shape index (κ3) is 4.81. The fourth-order valence-electron chi connectivity index (χ4n) is 2.10. The molecule has 2 N–H and O–H groups in total. The highest BCUT2D eigenvalue weighted by Crippen LogP contribution is 2.18. The number of aryl methyl sites for hydroxylation is 3. The first-order valence-corrected chi connectivity index (χ1v) is 7.36. The van der Waals surface area contributed by atoms with E-state index in [0.717, 1.165) is 22.6 Å². The van der Waals surface area contributed by atoms with Crippen LogP contribution in [0.15, 0.2) is 42.5 Å². The Kier molecular flexibility index (Phi) is 5.42. The molecule has 2 aromatic rings. The topological polar surface area (TPSA) is 50.4 Å². The fourth-order valence-corrected chi connectivity index (χ4v) is 2.10. The van der Waals surface area contributed by atoms with Crippen molar-refractivity contribution in [1.82, 2.24) is 5.32 Å². The molecule has 0 atom stereocenters. The van der Waals surface area contributed by atoms with Gasteiger partial charge in [-0.25, -0.2) is 4.79 Å². The van der Waals surface area contributed by atoms with Gasteiger partial charge in [0.2, 0.25) is 0 Å². The van der Waals surface area contributed by atoms with Crippen LogP contribution in [0.5, 0.6) is 5.75 Å². The molecule has 0 radical (unpaired) electrons. The lowest BCUT2D eigenvalue weighted by atomic mass is 10.1. The van der Waals surface area contributed by atoms with E-state index in [-0.39, 0.29) is 6.03 Å². The lowest BCUT2D eigenvalue weighted by molar-refractivity contribution is 0.247. The number of hydrogen-bond donors (Lipinski definition) is 2. The van der Waals surface area contributed by atoms with Gasteiger partial charge >= 0.3 is 6.03 Å².